The first-order valence-electron chi connectivity index (χ1n) is 4.89. The third kappa shape index (κ3) is 2.75. The molecular formula is C11H10N4O2. The zero-order chi connectivity index (χ0) is 12.3. The Morgan fingerprint density at radius 2 is 2.00 bits per heavy atom. The van der Waals surface area contributed by atoms with Gasteiger partial charge in [0.25, 0.3) is 0 Å². The van der Waals surface area contributed by atoms with Crippen LogP contribution in [0.4, 0.5) is 11.5 Å². The monoisotopic (exact) mass is 230 g/mol. The number of anilines is 2. The van der Waals surface area contributed by atoms with Crippen LogP contribution in [0, 0.1) is 6.92 Å². The van der Waals surface area contributed by atoms with Crippen molar-refractivity contribution in [3.05, 3.63) is 42.1 Å². The summed E-state index contributed by atoms with van der Waals surface area (Å²) in [4.78, 5) is 22.4. The zero-order valence-corrected chi connectivity index (χ0v) is 9.08. The minimum Gasteiger partial charge on any atom is -0.476 e. The molecule has 0 radical (unpaired) electrons. The van der Waals surface area contributed by atoms with E-state index in [1.165, 1.54) is 12.4 Å². The molecule has 0 aliphatic heterocycles. The van der Waals surface area contributed by atoms with Gasteiger partial charge in [-0.15, -0.1) is 0 Å². The molecule has 0 amide bonds. The number of aromatic nitrogens is 3. The molecule has 6 heteroatoms. The number of aromatic carboxylic acids is 1. The molecule has 0 saturated carbocycles. The number of hydrogen-bond acceptors (Lipinski definition) is 5. The van der Waals surface area contributed by atoms with E-state index >= 15 is 0 Å². The second-order valence-corrected chi connectivity index (χ2v) is 3.47. The normalized spacial score (nSPS) is 9.94. The number of carboxylic acids is 1. The van der Waals surface area contributed by atoms with Gasteiger partial charge in [-0.3, -0.25) is 9.97 Å². The van der Waals surface area contributed by atoms with Crippen LogP contribution in [0.2, 0.25) is 0 Å². The molecule has 2 rings (SSSR count). The summed E-state index contributed by atoms with van der Waals surface area (Å²) in [6.45, 7) is 1.91. The van der Waals surface area contributed by atoms with Gasteiger partial charge in [-0.1, -0.05) is 0 Å². The van der Waals surface area contributed by atoms with Crippen LogP contribution in [0.15, 0.2) is 30.9 Å². The number of hydrogen-bond donors (Lipinski definition) is 2. The summed E-state index contributed by atoms with van der Waals surface area (Å²) in [7, 11) is 0. The number of nitrogens with one attached hydrogen (secondary N) is 1. The lowest BCUT2D eigenvalue weighted by Gasteiger charge is -2.05. The molecule has 0 aliphatic rings. The number of carbonyl (C=O) groups is 1. The third-order valence-electron chi connectivity index (χ3n) is 2.00. The minimum absolute atomic E-state index is 0.101. The van der Waals surface area contributed by atoms with Gasteiger partial charge in [0.1, 0.15) is 5.82 Å². The van der Waals surface area contributed by atoms with E-state index in [0.29, 0.717) is 5.82 Å². The van der Waals surface area contributed by atoms with Crippen molar-refractivity contribution in [1.82, 2.24) is 15.0 Å². The average molecular weight is 230 g/mol. The smallest absolute Gasteiger partial charge is 0.356 e. The molecule has 86 valence electrons. The molecule has 0 spiro atoms. The summed E-state index contributed by atoms with van der Waals surface area (Å²) in [5, 5.41) is 11.7. The van der Waals surface area contributed by atoms with Crippen molar-refractivity contribution in [2.75, 3.05) is 5.32 Å². The molecule has 2 aromatic rings. The second kappa shape index (κ2) is 4.56. The SMILES string of the molecule is Cc1cncc(Nc2cncc(C(=O)O)n2)c1. The lowest BCUT2D eigenvalue weighted by atomic mass is 10.3. The predicted molar refractivity (Wildman–Crippen MR) is 61.2 cm³/mol. The molecule has 2 N–H and O–H groups in total. The first-order chi connectivity index (χ1) is 8.15. The van der Waals surface area contributed by atoms with Crippen LogP contribution in [-0.2, 0) is 0 Å². The highest BCUT2D eigenvalue weighted by molar-refractivity contribution is 5.85. The molecule has 17 heavy (non-hydrogen) atoms. The summed E-state index contributed by atoms with van der Waals surface area (Å²) < 4.78 is 0. The maximum atomic E-state index is 10.7. The maximum absolute atomic E-state index is 10.7. The first kappa shape index (κ1) is 11.0. The average Bonchev–Trinajstić information content (AvgIpc) is 2.29. The van der Waals surface area contributed by atoms with Gasteiger partial charge >= 0.3 is 5.97 Å². The molecule has 0 bridgehead atoms. The van der Waals surface area contributed by atoms with Gasteiger partial charge < -0.3 is 10.4 Å². The van der Waals surface area contributed by atoms with Gasteiger partial charge in [-0.05, 0) is 18.6 Å². The van der Waals surface area contributed by atoms with E-state index in [1.807, 2.05) is 13.0 Å². The Bertz CT molecular complexity index is 557. The highest BCUT2D eigenvalue weighted by atomic mass is 16.4. The van der Waals surface area contributed by atoms with Crippen molar-refractivity contribution in [3.63, 3.8) is 0 Å². The van der Waals surface area contributed by atoms with E-state index in [-0.39, 0.29) is 5.69 Å². The van der Waals surface area contributed by atoms with Crippen molar-refractivity contribution in [1.29, 1.82) is 0 Å². The first-order valence-corrected chi connectivity index (χ1v) is 4.89. The molecule has 0 atom stereocenters. The van der Waals surface area contributed by atoms with Crippen molar-refractivity contribution in [2.45, 2.75) is 6.92 Å². The van der Waals surface area contributed by atoms with E-state index in [0.717, 1.165) is 11.3 Å². The lowest BCUT2D eigenvalue weighted by molar-refractivity contribution is 0.0690. The molecule has 2 aromatic heterocycles. The summed E-state index contributed by atoms with van der Waals surface area (Å²) in [5.74, 6) is -0.735. The van der Waals surface area contributed by atoms with Gasteiger partial charge in [0.05, 0.1) is 24.3 Å². The Hall–Kier alpha value is -2.50. The molecule has 6 nitrogen and oxygen atoms in total. The van der Waals surface area contributed by atoms with E-state index in [4.69, 9.17) is 5.11 Å². The maximum Gasteiger partial charge on any atom is 0.356 e. The van der Waals surface area contributed by atoms with Gasteiger partial charge in [0, 0.05) is 6.20 Å². The summed E-state index contributed by atoms with van der Waals surface area (Å²) in [6, 6.07) is 1.88. The summed E-state index contributed by atoms with van der Waals surface area (Å²) in [5.41, 5.74) is 1.63. The van der Waals surface area contributed by atoms with Crippen molar-refractivity contribution < 1.29 is 9.90 Å². The van der Waals surface area contributed by atoms with E-state index in [9.17, 15) is 4.79 Å². The van der Waals surface area contributed by atoms with Crippen molar-refractivity contribution in [2.24, 2.45) is 0 Å². The van der Waals surface area contributed by atoms with E-state index in [2.05, 4.69) is 20.3 Å². The molecule has 2 heterocycles. The number of nitrogens with zero attached hydrogens (tertiary/aromatic N) is 3. The molecular weight excluding hydrogens is 220 g/mol. The van der Waals surface area contributed by atoms with Crippen LogP contribution in [0.25, 0.3) is 0 Å². The topological polar surface area (TPSA) is 88.0 Å². The molecule has 0 unspecified atom stereocenters. The quantitative estimate of drug-likeness (QED) is 0.833. The fourth-order valence-corrected chi connectivity index (χ4v) is 1.30. The highest BCUT2D eigenvalue weighted by Crippen LogP contribution is 2.13. The minimum atomic E-state index is -1.11. The fraction of sp³-hybridized carbons (Fsp3) is 0.0909. The van der Waals surface area contributed by atoms with Crippen LogP contribution in [-0.4, -0.2) is 26.0 Å². The predicted octanol–water partition coefficient (Wildman–Crippen LogP) is 1.62. The lowest BCUT2D eigenvalue weighted by Crippen LogP contribution is -2.04. The molecule has 0 fully saturated rings. The number of carboxylic acid groups (broad SMARTS) is 1. The Morgan fingerprint density at radius 3 is 2.71 bits per heavy atom. The molecule has 0 saturated heterocycles. The second-order valence-electron chi connectivity index (χ2n) is 3.47. The van der Waals surface area contributed by atoms with Crippen molar-refractivity contribution in [3.8, 4) is 0 Å². The van der Waals surface area contributed by atoms with Crippen molar-refractivity contribution >= 4 is 17.5 Å². The summed E-state index contributed by atoms with van der Waals surface area (Å²) in [6.07, 6.45) is 6.00. The summed E-state index contributed by atoms with van der Waals surface area (Å²) >= 11 is 0. The highest BCUT2D eigenvalue weighted by Gasteiger charge is 2.06. The molecule has 0 aliphatic carbocycles. The number of pyridine rings is 1. The Kier molecular flexibility index (Phi) is 2.95. The van der Waals surface area contributed by atoms with Gasteiger partial charge in [0.15, 0.2) is 5.69 Å². The van der Waals surface area contributed by atoms with Crippen LogP contribution in [0.3, 0.4) is 0 Å². The van der Waals surface area contributed by atoms with E-state index in [1.54, 1.807) is 12.4 Å². The standard InChI is InChI=1S/C11H10N4O2/c1-7-2-8(4-12-3-7)14-10-6-13-5-9(15-10)11(16)17/h2-6H,1H3,(H,14,15)(H,16,17). The van der Waals surface area contributed by atoms with E-state index < -0.39 is 5.97 Å². The van der Waals surface area contributed by atoms with Crippen LogP contribution >= 0.6 is 0 Å². The van der Waals surface area contributed by atoms with Gasteiger partial charge in [-0.25, -0.2) is 9.78 Å². The third-order valence-corrected chi connectivity index (χ3v) is 2.00. The fourth-order valence-electron chi connectivity index (χ4n) is 1.30. The Labute approximate surface area is 97.4 Å². The zero-order valence-electron chi connectivity index (χ0n) is 9.08. The van der Waals surface area contributed by atoms with Crippen LogP contribution in [0.1, 0.15) is 16.1 Å². The van der Waals surface area contributed by atoms with Crippen LogP contribution in [0.5, 0.6) is 0 Å². The molecule has 0 aromatic carbocycles. The van der Waals surface area contributed by atoms with Gasteiger partial charge in [0.2, 0.25) is 0 Å². The van der Waals surface area contributed by atoms with Gasteiger partial charge in [-0.2, -0.15) is 0 Å². The Balaban J connectivity index is 2.24. The van der Waals surface area contributed by atoms with Crippen LogP contribution < -0.4 is 5.32 Å². The number of aryl methyl sites for hydroxylation is 1. The largest absolute Gasteiger partial charge is 0.476 e. The number of rotatable bonds is 3. The Morgan fingerprint density at radius 1 is 1.24 bits per heavy atom.